The summed E-state index contributed by atoms with van der Waals surface area (Å²) >= 11 is 0. The van der Waals surface area contributed by atoms with Crippen LogP contribution in [0, 0.1) is 5.82 Å². The number of alkyl halides is 6. The quantitative estimate of drug-likeness (QED) is 0.506. The average molecular weight is 596 g/mol. The Morgan fingerprint density at radius 3 is 1.95 bits per heavy atom. The predicted octanol–water partition coefficient (Wildman–Crippen LogP) is 3.05. The van der Waals surface area contributed by atoms with Crippen LogP contribution in [0.15, 0.2) is 48.8 Å². The van der Waals surface area contributed by atoms with Crippen LogP contribution in [0.25, 0.3) is 0 Å². The van der Waals surface area contributed by atoms with E-state index in [1.165, 1.54) is 12.1 Å². The number of benzene rings is 1. The topological polar surface area (TPSA) is 131 Å². The fraction of sp³-hybridized carbons (Fsp3) is 0.375. The Morgan fingerprint density at radius 2 is 1.46 bits per heavy atom. The summed E-state index contributed by atoms with van der Waals surface area (Å²) in [5, 5.41) is 14.2. The zero-order chi connectivity index (χ0) is 31.2. The van der Waals surface area contributed by atoms with E-state index in [1.807, 2.05) is 16.8 Å². The summed E-state index contributed by atoms with van der Waals surface area (Å²) in [7, 11) is 1.92. The Bertz CT molecular complexity index is 1240. The number of likely N-dealkylation sites (tertiary alicyclic amines) is 1. The Hall–Kier alpha value is -4.28. The number of hydrogen-bond donors (Lipinski definition) is 2. The van der Waals surface area contributed by atoms with E-state index in [-0.39, 0.29) is 29.7 Å². The Morgan fingerprint density at radius 1 is 0.927 bits per heavy atom. The van der Waals surface area contributed by atoms with Gasteiger partial charge in [-0.2, -0.15) is 26.3 Å². The average Bonchev–Trinajstić information content (AvgIpc) is 3.31. The van der Waals surface area contributed by atoms with Crippen LogP contribution in [-0.2, 0) is 14.4 Å². The molecule has 0 saturated carbocycles. The molecule has 17 heteroatoms. The van der Waals surface area contributed by atoms with E-state index in [9.17, 15) is 40.3 Å². The molecular weight excluding hydrogens is 573 g/mol. The van der Waals surface area contributed by atoms with Crippen molar-refractivity contribution in [3.8, 4) is 0 Å². The van der Waals surface area contributed by atoms with E-state index in [2.05, 4.69) is 4.98 Å². The lowest BCUT2D eigenvalue weighted by Crippen LogP contribution is -2.64. The van der Waals surface area contributed by atoms with Gasteiger partial charge in [-0.3, -0.25) is 19.5 Å². The highest BCUT2D eigenvalue weighted by Gasteiger charge is 2.48. The molecular formula is C24H23F7N4O6. The van der Waals surface area contributed by atoms with Crippen LogP contribution < -0.4 is 4.90 Å². The van der Waals surface area contributed by atoms with Gasteiger partial charge in [0.15, 0.2) is 0 Å². The molecule has 0 bridgehead atoms. The molecule has 1 atom stereocenters. The maximum absolute atomic E-state index is 13.6. The number of likely N-dealkylation sites (N-methyl/N-ethyl adjacent to an activating group) is 1. The molecule has 1 aromatic carbocycles. The molecule has 2 aliphatic rings. The third-order valence-electron chi connectivity index (χ3n) is 6.09. The van der Waals surface area contributed by atoms with Gasteiger partial charge in [-0.1, -0.05) is 6.07 Å². The molecule has 2 saturated heterocycles. The van der Waals surface area contributed by atoms with E-state index in [0.717, 1.165) is 6.42 Å². The summed E-state index contributed by atoms with van der Waals surface area (Å²) < 4.78 is 77.1. The van der Waals surface area contributed by atoms with Gasteiger partial charge in [0, 0.05) is 43.3 Å². The van der Waals surface area contributed by atoms with Gasteiger partial charge < -0.3 is 20.0 Å². The largest absolute Gasteiger partial charge is 0.490 e. The normalized spacial score (nSPS) is 19.2. The van der Waals surface area contributed by atoms with Crippen molar-refractivity contribution in [1.82, 2.24) is 14.8 Å². The minimum absolute atomic E-state index is 0.0307. The Kier molecular flexibility index (Phi) is 10.4. The van der Waals surface area contributed by atoms with Crippen LogP contribution in [-0.4, -0.2) is 99.9 Å². The number of pyridine rings is 1. The van der Waals surface area contributed by atoms with Gasteiger partial charge in [-0.25, -0.2) is 14.0 Å². The first-order chi connectivity index (χ1) is 18.9. The number of carboxylic acid groups (broad SMARTS) is 2. The van der Waals surface area contributed by atoms with E-state index in [0.29, 0.717) is 30.9 Å². The number of rotatable bonds is 2. The number of aliphatic carboxylic acids is 2. The van der Waals surface area contributed by atoms with Crippen LogP contribution in [0.1, 0.15) is 16.8 Å². The number of amides is 2. The first kappa shape index (κ1) is 32.9. The number of halogens is 7. The molecule has 2 amide bonds. The third kappa shape index (κ3) is 8.86. The van der Waals surface area contributed by atoms with Crippen LogP contribution in [0.5, 0.6) is 0 Å². The second-order valence-electron chi connectivity index (χ2n) is 8.86. The minimum atomic E-state index is -5.08. The van der Waals surface area contributed by atoms with E-state index >= 15 is 0 Å². The molecule has 4 rings (SSSR count). The van der Waals surface area contributed by atoms with Gasteiger partial charge in [0.25, 0.3) is 5.91 Å². The highest BCUT2D eigenvalue weighted by Crippen LogP contribution is 2.34. The molecule has 3 heterocycles. The summed E-state index contributed by atoms with van der Waals surface area (Å²) in [6.07, 6.45) is -6.19. The minimum Gasteiger partial charge on any atom is -0.475 e. The molecule has 224 valence electrons. The number of carbonyl (C=O) groups excluding carboxylic acids is 2. The van der Waals surface area contributed by atoms with Gasteiger partial charge in [-0.15, -0.1) is 0 Å². The zero-order valence-electron chi connectivity index (χ0n) is 21.1. The van der Waals surface area contributed by atoms with E-state index in [1.54, 1.807) is 41.6 Å². The molecule has 2 N–H and O–H groups in total. The number of carboxylic acids is 2. The van der Waals surface area contributed by atoms with Crippen LogP contribution >= 0.6 is 0 Å². The fourth-order valence-corrected chi connectivity index (χ4v) is 3.99. The smallest absolute Gasteiger partial charge is 0.475 e. The number of nitrogens with zero attached hydrogens (tertiary/aromatic N) is 4. The molecule has 2 aliphatic heterocycles. The van der Waals surface area contributed by atoms with Gasteiger partial charge in [-0.05, 0) is 43.8 Å². The third-order valence-corrected chi connectivity index (χ3v) is 6.09. The summed E-state index contributed by atoms with van der Waals surface area (Å²) in [5.74, 6) is -5.97. The first-order valence-corrected chi connectivity index (χ1v) is 11.4. The molecule has 2 aromatic rings. The SMILES string of the molecule is CN1CC(=O)N(c2cccc(F)c2)CC12CCN(C(=O)c1ccncc1)C2.O=C(O)C(F)(F)F.O=C(O)C(F)(F)F. The number of anilines is 1. The second-order valence-corrected chi connectivity index (χ2v) is 8.86. The maximum atomic E-state index is 13.6. The molecule has 0 radical (unpaired) electrons. The van der Waals surface area contributed by atoms with E-state index in [4.69, 9.17) is 19.8 Å². The number of piperazine rings is 1. The number of carbonyl (C=O) groups is 4. The van der Waals surface area contributed by atoms with E-state index < -0.39 is 24.3 Å². The maximum Gasteiger partial charge on any atom is 0.490 e. The summed E-state index contributed by atoms with van der Waals surface area (Å²) in [6.45, 7) is 1.83. The lowest BCUT2D eigenvalue weighted by molar-refractivity contribution is -0.193. The van der Waals surface area contributed by atoms with Crippen molar-refractivity contribution in [2.45, 2.75) is 24.3 Å². The van der Waals surface area contributed by atoms with Gasteiger partial charge >= 0.3 is 24.3 Å². The van der Waals surface area contributed by atoms with Crippen molar-refractivity contribution in [1.29, 1.82) is 0 Å². The van der Waals surface area contributed by atoms with Crippen molar-refractivity contribution in [2.24, 2.45) is 0 Å². The van der Waals surface area contributed by atoms with Crippen molar-refractivity contribution in [3.05, 3.63) is 60.2 Å². The van der Waals surface area contributed by atoms with Crippen molar-refractivity contribution in [2.75, 3.05) is 38.1 Å². The van der Waals surface area contributed by atoms with Crippen molar-refractivity contribution < 1.29 is 60.1 Å². The summed E-state index contributed by atoms with van der Waals surface area (Å²) in [6, 6.07) is 9.52. The summed E-state index contributed by atoms with van der Waals surface area (Å²) in [5.41, 5.74) is 0.841. The van der Waals surface area contributed by atoms with Crippen LogP contribution in [0.3, 0.4) is 0 Å². The first-order valence-electron chi connectivity index (χ1n) is 11.4. The predicted molar refractivity (Wildman–Crippen MR) is 126 cm³/mol. The van der Waals surface area contributed by atoms with Crippen molar-refractivity contribution in [3.63, 3.8) is 0 Å². The highest BCUT2D eigenvalue weighted by atomic mass is 19.4. The van der Waals surface area contributed by atoms with Crippen LogP contribution in [0.2, 0.25) is 0 Å². The Balaban J connectivity index is 0.000000349. The monoisotopic (exact) mass is 596 g/mol. The highest BCUT2D eigenvalue weighted by molar-refractivity contribution is 5.96. The molecule has 1 spiro atoms. The van der Waals surface area contributed by atoms with Gasteiger partial charge in [0.05, 0.1) is 12.1 Å². The van der Waals surface area contributed by atoms with Crippen LogP contribution in [0.4, 0.5) is 36.4 Å². The molecule has 41 heavy (non-hydrogen) atoms. The van der Waals surface area contributed by atoms with Gasteiger partial charge in [0.2, 0.25) is 5.91 Å². The molecule has 10 nitrogen and oxygen atoms in total. The molecule has 1 aromatic heterocycles. The number of aromatic nitrogens is 1. The fourth-order valence-electron chi connectivity index (χ4n) is 3.99. The van der Waals surface area contributed by atoms with Gasteiger partial charge in [0.1, 0.15) is 5.82 Å². The lowest BCUT2D eigenvalue weighted by Gasteiger charge is -2.46. The standard InChI is InChI=1S/C20H21FN4O2.2C2HF3O2/c1-23-12-18(26)25(17-4-2-3-16(21)11-17)14-20(23)7-10-24(13-20)19(27)15-5-8-22-9-6-15;2*3-2(4,5)1(6)7/h2-6,8-9,11H,7,10,12-14H2,1H3;2*(H,6,7). The molecule has 2 fully saturated rings. The summed E-state index contributed by atoms with van der Waals surface area (Å²) in [4.78, 5) is 52.6. The lowest BCUT2D eigenvalue weighted by atomic mass is 9.92. The molecule has 0 aliphatic carbocycles. The zero-order valence-corrected chi connectivity index (χ0v) is 21.1. The Labute approximate surface area is 227 Å². The number of hydrogen-bond acceptors (Lipinski definition) is 6. The molecule has 1 unspecified atom stereocenters. The van der Waals surface area contributed by atoms with Crippen molar-refractivity contribution >= 4 is 29.4 Å². The second kappa shape index (κ2) is 12.9.